The minimum Gasteiger partial charge on any atom is -0.257 e. The zero-order chi connectivity index (χ0) is 52.4. The predicted molar refractivity (Wildman–Crippen MR) is 329 cm³/mol. The third-order valence-corrected chi connectivity index (χ3v) is 16.9. The summed E-state index contributed by atoms with van der Waals surface area (Å²) < 4.78 is 0. The summed E-state index contributed by atoms with van der Waals surface area (Å²) in [4.78, 5) is 9.22. The van der Waals surface area contributed by atoms with Crippen LogP contribution in [0.25, 0.3) is 68.8 Å². The summed E-state index contributed by atoms with van der Waals surface area (Å²) in [5.74, 6) is 0. The van der Waals surface area contributed by atoms with Gasteiger partial charge in [0, 0.05) is 23.2 Å². The Morgan fingerprint density at radius 1 is 0.316 bits per heavy atom. The van der Waals surface area contributed by atoms with E-state index >= 15 is 0 Å². The first-order valence-electron chi connectivity index (χ1n) is 29.7. The Kier molecular flexibility index (Phi) is 19.2. The van der Waals surface area contributed by atoms with Crippen LogP contribution in [0.15, 0.2) is 170 Å². The second-order valence-corrected chi connectivity index (χ2v) is 22.0. The number of rotatable bonds is 28. The quantitative estimate of drug-likeness (QED) is 0.0361. The Labute approximate surface area is 458 Å². The molecule has 2 aliphatic carbocycles. The van der Waals surface area contributed by atoms with Crippen molar-refractivity contribution in [3.05, 3.63) is 215 Å². The number of nitrogens with zero attached hydrogens (tertiary/aromatic N) is 2. The number of hydrogen-bond acceptors (Lipinski definition) is 2. The molecule has 0 radical (unpaired) electrons. The second kappa shape index (κ2) is 26.9. The van der Waals surface area contributed by atoms with Gasteiger partial charge in [0.05, 0.1) is 11.4 Å². The molecule has 2 nitrogen and oxygen atoms in total. The highest BCUT2D eigenvalue weighted by atomic mass is 14.7. The van der Waals surface area contributed by atoms with Crippen molar-refractivity contribution in [3.63, 3.8) is 0 Å². The maximum atomic E-state index is 4.61. The summed E-state index contributed by atoms with van der Waals surface area (Å²) >= 11 is 0. The first-order chi connectivity index (χ1) is 37.5. The summed E-state index contributed by atoms with van der Waals surface area (Å²) in [6.07, 6.45) is 46.4. The van der Waals surface area contributed by atoms with Crippen LogP contribution in [0, 0.1) is 0 Å². The lowest BCUT2D eigenvalue weighted by atomic mass is 9.70. The number of benzene rings is 5. The Bertz CT molecular complexity index is 2860. The molecule has 2 heteroatoms. The van der Waals surface area contributed by atoms with Gasteiger partial charge in [-0.3, -0.25) is 9.97 Å². The highest BCUT2D eigenvalue weighted by molar-refractivity contribution is 5.91. The first-order valence-corrected chi connectivity index (χ1v) is 29.7. The standard InChI is InChI=1S/C74H84N2/c1-5-9-13-27-47-73(48-28-14-10-6-2)69-41-23-21-39-63(69)65-45-43-59(55-71(65)73)67-53-58(34-18-20-36-62-38-26-32-52-76-62)68(54-57(67)33-17-19-35-61-37-25-31-51-75-61)60-44-46-66-64-40-22-24-42-70(64)74(72(66)56-60,49-29-15-11-7-3)50-30-16-12-8-4/h17-26,31-46,51-56H,5-16,27-30,47-50H2,1-4H3/b33-17+,34-18+,35-19+,36-20+. The van der Waals surface area contributed by atoms with Gasteiger partial charge in [-0.25, -0.2) is 0 Å². The molecule has 0 unspecified atom stereocenters. The summed E-state index contributed by atoms with van der Waals surface area (Å²) in [7, 11) is 0. The molecule has 0 bridgehead atoms. The van der Waals surface area contributed by atoms with Gasteiger partial charge in [0.2, 0.25) is 0 Å². The van der Waals surface area contributed by atoms with Gasteiger partial charge in [-0.05, 0) is 164 Å². The van der Waals surface area contributed by atoms with E-state index in [0.717, 1.165) is 11.4 Å². The van der Waals surface area contributed by atoms with E-state index in [1.54, 1.807) is 11.1 Å². The fourth-order valence-electron chi connectivity index (χ4n) is 13.0. The van der Waals surface area contributed by atoms with Crippen LogP contribution in [0.4, 0.5) is 0 Å². The molecule has 0 atom stereocenters. The van der Waals surface area contributed by atoms with Crippen molar-refractivity contribution in [3.8, 4) is 44.5 Å². The van der Waals surface area contributed by atoms with Crippen LogP contribution in [0.2, 0.25) is 0 Å². The molecule has 0 fully saturated rings. The minimum absolute atomic E-state index is 0.00857. The van der Waals surface area contributed by atoms with E-state index in [0.29, 0.717) is 0 Å². The average Bonchev–Trinajstić information content (AvgIpc) is 4.05. The van der Waals surface area contributed by atoms with E-state index in [4.69, 9.17) is 0 Å². The van der Waals surface area contributed by atoms with Crippen LogP contribution in [-0.4, -0.2) is 9.97 Å². The molecule has 0 saturated heterocycles. The molecule has 0 N–H and O–H groups in total. The highest BCUT2D eigenvalue weighted by Crippen LogP contribution is 2.57. The van der Waals surface area contributed by atoms with Crippen LogP contribution >= 0.6 is 0 Å². The van der Waals surface area contributed by atoms with E-state index < -0.39 is 0 Å². The number of hydrogen-bond donors (Lipinski definition) is 0. The van der Waals surface area contributed by atoms with E-state index in [-0.39, 0.29) is 10.8 Å². The van der Waals surface area contributed by atoms with Crippen molar-refractivity contribution in [1.29, 1.82) is 0 Å². The average molecular weight is 1000 g/mol. The molecule has 76 heavy (non-hydrogen) atoms. The summed E-state index contributed by atoms with van der Waals surface area (Å²) in [5.41, 5.74) is 21.2. The van der Waals surface area contributed by atoms with E-state index in [9.17, 15) is 0 Å². The third kappa shape index (κ3) is 12.3. The minimum atomic E-state index is -0.00857. The molecule has 0 amide bonds. The molecule has 0 spiro atoms. The van der Waals surface area contributed by atoms with Gasteiger partial charge in [0.25, 0.3) is 0 Å². The molecule has 2 aliphatic rings. The molecule has 390 valence electrons. The molecule has 2 heterocycles. The Balaban J connectivity index is 1.23. The predicted octanol–water partition coefficient (Wildman–Crippen LogP) is 21.7. The van der Waals surface area contributed by atoms with E-state index in [1.165, 1.54) is 195 Å². The van der Waals surface area contributed by atoms with Crippen molar-refractivity contribution >= 4 is 24.3 Å². The van der Waals surface area contributed by atoms with Gasteiger partial charge < -0.3 is 0 Å². The SMILES string of the molecule is CCCCCCC1(CCCCCC)c2ccccc2-c2ccc(-c3cc(/C=C/C=C/c4ccccn4)c(-c4ccc5c(c4)C(CCCCCC)(CCCCCC)c4ccccc4-5)cc3/C=C/C=C/c3ccccn3)cc21. The van der Waals surface area contributed by atoms with Crippen LogP contribution in [0.1, 0.15) is 201 Å². The van der Waals surface area contributed by atoms with Crippen LogP contribution < -0.4 is 0 Å². The first kappa shape index (κ1) is 54.2. The number of aromatic nitrogens is 2. The van der Waals surface area contributed by atoms with Gasteiger partial charge >= 0.3 is 0 Å². The molecule has 0 aliphatic heterocycles. The van der Waals surface area contributed by atoms with Gasteiger partial charge in [-0.1, -0.05) is 252 Å². The van der Waals surface area contributed by atoms with E-state index in [1.807, 2.05) is 24.5 Å². The summed E-state index contributed by atoms with van der Waals surface area (Å²) in [6, 6.07) is 51.0. The van der Waals surface area contributed by atoms with Gasteiger partial charge in [-0.2, -0.15) is 0 Å². The molecular formula is C74H84N2. The Morgan fingerprint density at radius 2 is 0.671 bits per heavy atom. The number of pyridine rings is 2. The fourth-order valence-corrected chi connectivity index (χ4v) is 13.0. The maximum absolute atomic E-state index is 4.61. The summed E-state index contributed by atoms with van der Waals surface area (Å²) in [5, 5.41) is 0. The number of fused-ring (bicyclic) bond motifs is 6. The Hall–Kier alpha value is -6.64. The zero-order valence-corrected chi connectivity index (χ0v) is 46.5. The van der Waals surface area contributed by atoms with Gasteiger partial charge in [0.1, 0.15) is 0 Å². The molecule has 7 aromatic rings. The lowest BCUT2D eigenvalue weighted by Gasteiger charge is -2.33. The van der Waals surface area contributed by atoms with Crippen LogP contribution in [-0.2, 0) is 10.8 Å². The Morgan fingerprint density at radius 3 is 1.04 bits per heavy atom. The van der Waals surface area contributed by atoms with Crippen LogP contribution in [0.3, 0.4) is 0 Å². The zero-order valence-electron chi connectivity index (χ0n) is 46.5. The number of allylic oxidation sites excluding steroid dienone is 4. The number of unbranched alkanes of at least 4 members (excludes halogenated alkanes) is 12. The molecule has 9 rings (SSSR count). The normalized spacial score (nSPS) is 14.1. The van der Waals surface area contributed by atoms with Gasteiger partial charge in [-0.15, -0.1) is 0 Å². The monoisotopic (exact) mass is 1000 g/mol. The molecule has 5 aromatic carbocycles. The largest absolute Gasteiger partial charge is 0.257 e. The third-order valence-electron chi connectivity index (χ3n) is 16.9. The highest BCUT2D eigenvalue weighted by Gasteiger charge is 2.44. The topological polar surface area (TPSA) is 25.8 Å². The smallest absolute Gasteiger partial charge is 0.0629 e. The lowest BCUT2D eigenvalue weighted by Crippen LogP contribution is -2.25. The van der Waals surface area contributed by atoms with Crippen molar-refractivity contribution in [2.45, 2.75) is 167 Å². The van der Waals surface area contributed by atoms with Crippen molar-refractivity contribution in [1.82, 2.24) is 9.97 Å². The lowest BCUT2D eigenvalue weighted by molar-refractivity contribution is 0.401. The summed E-state index contributed by atoms with van der Waals surface area (Å²) in [6.45, 7) is 9.34. The van der Waals surface area contributed by atoms with Crippen LogP contribution in [0.5, 0.6) is 0 Å². The second-order valence-electron chi connectivity index (χ2n) is 22.0. The van der Waals surface area contributed by atoms with Crippen molar-refractivity contribution in [2.75, 3.05) is 0 Å². The molecule has 2 aromatic heterocycles. The molecular weight excluding hydrogens is 917 g/mol. The van der Waals surface area contributed by atoms with Crippen molar-refractivity contribution < 1.29 is 0 Å². The molecule has 0 saturated carbocycles. The van der Waals surface area contributed by atoms with Gasteiger partial charge in [0.15, 0.2) is 0 Å². The van der Waals surface area contributed by atoms with Crippen molar-refractivity contribution in [2.24, 2.45) is 0 Å². The maximum Gasteiger partial charge on any atom is 0.0629 e. The fraction of sp³-hybridized carbons (Fsp3) is 0.351. The van der Waals surface area contributed by atoms with E-state index in [2.05, 4.69) is 208 Å².